The van der Waals surface area contributed by atoms with Crippen LogP contribution in [0.15, 0.2) is 87.5 Å². The fraction of sp³-hybridized carbons (Fsp3) is 0.143. The second-order valence-electron chi connectivity index (χ2n) is 6.80. The summed E-state index contributed by atoms with van der Waals surface area (Å²) in [4.78, 5) is -0.533. The van der Waals surface area contributed by atoms with E-state index >= 15 is 0 Å². The van der Waals surface area contributed by atoms with E-state index in [1.165, 1.54) is 36.4 Å². The molecular weight excluding hydrogens is 562 g/mol. The monoisotopic (exact) mass is 582 g/mol. The molecule has 34 heavy (non-hydrogen) atoms. The van der Waals surface area contributed by atoms with Crippen molar-refractivity contribution in [3.05, 3.63) is 89.5 Å². The van der Waals surface area contributed by atoms with E-state index in [4.69, 9.17) is 0 Å². The van der Waals surface area contributed by atoms with Gasteiger partial charge in [-0.05, 0) is 57.2 Å². The van der Waals surface area contributed by atoms with E-state index < -0.39 is 30.4 Å². The van der Waals surface area contributed by atoms with Crippen LogP contribution in [0.3, 0.4) is 0 Å². The first-order valence-electron chi connectivity index (χ1n) is 9.08. The van der Waals surface area contributed by atoms with E-state index in [-0.39, 0.29) is 34.5 Å². The molecule has 0 atom stereocenters. The third-order valence-electron chi connectivity index (χ3n) is 3.93. The normalized spacial score (nSPS) is 11.1. The molecule has 0 saturated carbocycles. The molecule has 0 bridgehead atoms. The Morgan fingerprint density at radius 2 is 0.559 bits per heavy atom. The summed E-state index contributed by atoms with van der Waals surface area (Å²) in [6, 6.07) is 17.3. The molecule has 0 radical (unpaired) electrons. The molecular formula is C21H21GaO9S3. The Kier molecular flexibility index (Phi) is 12.4. The van der Waals surface area contributed by atoms with E-state index in [9.17, 15) is 38.9 Å². The van der Waals surface area contributed by atoms with Crippen LogP contribution in [0, 0.1) is 20.8 Å². The van der Waals surface area contributed by atoms with Gasteiger partial charge in [-0.2, -0.15) is 0 Å². The van der Waals surface area contributed by atoms with Crippen LogP contribution in [0.5, 0.6) is 0 Å². The minimum absolute atomic E-state index is 0. The van der Waals surface area contributed by atoms with E-state index in [2.05, 4.69) is 0 Å². The molecule has 0 aliphatic rings. The minimum Gasteiger partial charge on any atom is -0.744 e. The third kappa shape index (κ3) is 11.9. The summed E-state index contributed by atoms with van der Waals surface area (Å²) < 4.78 is 93.5. The Labute approximate surface area is 213 Å². The van der Waals surface area contributed by atoms with Crippen molar-refractivity contribution in [2.45, 2.75) is 35.5 Å². The van der Waals surface area contributed by atoms with Crippen LogP contribution >= 0.6 is 0 Å². The summed E-state index contributed by atoms with van der Waals surface area (Å²) in [5.74, 6) is 0. The SMILES string of the molecule is Cc1ccc(S(=O)(=O)[O-])cc1.Cc1ccc(S(=O)(=O)[O-])cc1.Cc1ccc(S(=O)(=O)[O-])cc1.[Ga+3]. The van der Waals surface area contributed by atoms with Crippen molar-refractivity contribution < 1.29 is 38.9 Å². The molecule has 9 nitrogen and oxygen atoms in total. The van der Waals surface area contributed by atoms with Crippen molar-refractivity contribution in [3.63, 3.8) is 0 Å². The van der Waals surface area contributed by atoms with Gasteiger partial charge in [0, 0.05) is 0 Å². The van der Waals surface area contributed by atoms with Crippen LogP contribution in [0.1, 0.15) is 16.7 Å². The average molecular weight is 583 g/mol. The zero-order valence-electron chi connectivity index (χ0n) is 18.4. The van der Waals surface area contributed by atoms with Crippen LogP contribution in [0.2, 0.25) is 0 Å². The number of rotatable bonds is 3. The summed E-state index contributed by atoms with van der Waals surface area (Å²) in [6.07, 6.45) is 0. The van der Waals surface area contributed by atoms with Gasteiger partial charge in [-0.1, -0.05) is 53.1 Å². The average Bonchev–Trinajstić information content (AvgIpc) is 2.68. The first-order valence-corrected chi connectivity index (χ1v) is 13.3. The number of aryl methyl sites for hydroxylation is 3. The van der Waals surface area contributed by atoms with Gasteiger partial charge >= 0.3 is 19.8 Å². The maximum Gasteiger partial charge on any atom is 3.00 e. The Morgan fingerprint density at radius 3 is 0.676 bits per heavy atom. The minimum atomic E-state index is -4.27. The standard InChI is InChI=1S/3C7H8O3S.Ga/c3*1-6-2-4-7(5-3-6)11(8,9)10;/h3*2-5H,1H3,(H,8,9,10);/q;;;+3/p-3. The second-order valence-corrected chi connectivity index (χ2v) is 10.9. The Morgan fingerprint density at radius 1 is 0.412 bits per heavy atom. The van der Waals surface area contributed by atoms with Crippen LogP contribution in [-0.4, -0.2) is 58.7 Å². The molecule has 180 valence electrons. The summed E-state index contributed by atoms with van der Waals surface area (Å²) in [5, 5.41) is 0. The maximum atomic E-state index is 10.4. The zero-order chi connectivity index (χ0) is 25.4. The quantitative estimate of drug-likeness (QED) is 0.331. The van der Waals surface area contributed by atoms with Gasteiger partial charge in [0.2, 0.25) is 0 Å². The van der Waals surface area contributed by atoms with E-state index in [1.807, 2.05) is 20.8 Å². The van der Waals surface area contributed by atoms with Crippen molar-refractivity contribution in [1.29, 1.82) is 0 Å². The van der Waals surface area contributed by atoms with Crippen molar-refractivity contribution >= 4 is 50.1 Å². The molecule has 3 aromatic rings. The van der Waals surface area contributed by atoms with E-state index in [0.717, 1.165) is 16.7 Å². The maximum absolute atomic E-state index is 10.4. The Bertz CT molecular complexity index is 1190. The van der Waals surface area contributed by atoms with Crippen molar-refractivity contribution in [1.82, 2.24) is 0 Å². The fourth-order valence-corrected chi connectivity index (χ4v) is 3.52. The van der Waals surface area contributed by atoms with E-state index in [0.29, 0.717) is 0 Å². The van der Waals surface area contributed by atoms with Crippen LogP contribution in [0.4, 0.5) is 0 Å². The van der Waals surface area contributed by atoms with Gasteiger partial charge in [-0.3, -0.25) is 0 Å². The Hall–Kier alpha value is -1.97. The van der Waals surface area contributed by atoms with Gasteiger partial charge in [0.1, 0.15) is 30.4 Å². The van der Waals surface area contributed by atoms with Gasteiger partial charge in [-0.25, -0.2) is 25.3 Å². The molecule has 0 spiro atoms. The van der Waals surface area contributed by atoms with Crippen molar-refractivity contribution in [2.24, 2.45) is 0 Å². The fourth-order valence-electron chi connectivity index (χ4n) is 2.11. The smallest absolute Gasteiger partial charge is 0.744 e. The molecule has 0 N–H and O–H groups in total. The predicted molar refractivity (Wildman–Crippen MR) is 123 cm³/mol. The molecule has 0 aliphatic heterocycles. The number of hydrogen-bond acceptors (Lipinski definition) is 9. The molecule has 0 aliphatic carbocycles. The predicted octanol–water partition coefficient (Wildman–Crippen LogP) is 2.32. The van der Waals surface area contributed by atoms with Crippen molar-refractivity contribution in [2.75, 3.05) is 0 Å². The van der Waals surface area contributed by atoms with Crippen LogP contribution in [-0.2, 0) is 30.4 Å². The van der Waals surface area contributed by atoms with Crippen LogP contribution < -0.4 is 0 Å². The molecule has 0 aromatic heterocycles. The molecule has 0 heterocycles. The third-order valence-corrected chi connectivity index (χ3v) is 6.48. The zero-order valence-corrected chi connectivity index (χ0v) is 23.3. The Balaban J connectivity index is 0.000000473. The molecule has 3 rings (SSSR count). The van der Waals surface area contributed by atoms with Gasteiger partial charge < -0.3 is 13.7 Å². The summed E-state index contributed by atoms with van der Waals surface area (Å²) in [5.41, 5.74) is 2.78. The molecule has 3 aromatic carbocycles. The summed E-state index contributed by atoms with van der Waals surface area (Å²) >= 11 is 0. The van der Waals surface area contributed by atoms with Gasteiger partial charge in [0.15, 0.2) is 0 Å². The molecule has 0 unspecified atom stereocenters. The largest absolute Gasteiger partial charge is 3.00 e. The van der Waals surface area contributed by atoms with Crippen LogP contribution in [0.25, 0.3) is 0 Å². The van der Waals surface area contributed by atoms with Gasteiger partial charge in [0.05, 0.1) is 14.7 Å². The number of benzene rings is 3. The molecule has 0 amide bonds. The topological polar surface area (TPSA) is 172 Å². The second kappa shape index (κ2) is 13.2. The molecule has 0 fully saturated rings. The van der Waals surface area contributed by atoms with Gasteiger partial charge in [0.25, 0.3) is 0 Å². The molecule has 0 saturated heterocycles. The van der Waals surface area contributed by atoms with Gasteiger partial charge in [-0.15, -0.1) is 0 Å². The first-order chi connectivity index (χ1) is 15.0. The molecule has 13 heteroatoms. The summed E-state index contributed by atoms with van der Waals surface area (Å²) in [7, 11) is -12.8. The number of hydrogen-bond donors (Lipinski definition) is 0. The first kappa shape index (κ1) is 32.0. The van der Waals surface area contributed by atoms with E-state index in [1.54, 1.807) is 36.4 Å². The summed E-state index contributed by atoms with van der Waals surface area (Å²) in [6.45, 7) is 5.46. The van der Waals surface area contributed by atoms with Crippen molar-refractivity contribution in [3.8, 4) is 0 Å².